The Bertz CT molecular complexity index is 436. The number of hydrogen-bond acceptors (Lipinski definition) is 2. The van der Waals surface area contributed by atoms with Gasteiger partial charge in [0.2, 0.25) is 0 Å². The number of hydrogen-bond donors (Lipinski definition) is 0. The molecule has 0 fully saturated rings. The van der Waals surface area contributed by atoms with Crippen LogP contribution in [0.1, 0.15) is 17.5 Å². The van der Waals surface area contributed by atoms with Crippen molar-refractivity contribution in [3.05, 3.63) is 41.2 Å². The zero-order valence-corrected chi connectivity index (χ0v) is 7.37. The SMILES string of the molecule is N#CCC=Cc1cc(F)ccc1C#N. The summed E-state index contributed by atoms with van der Waals surface area (Å²) < 4.78 is 12.8. The molecule has 1 rings (SSSR count). The van der Waals surface area contributed by atoms with Crippen LogP contribution in [0.5, 0.6) is 0 Å². The van der Waals surface area contributed by atoms with E-state index in [1.54, 1.807) is 12.2 Å². The predicted octanol–water partition coefficient (Wildman–Crippen LogP) is 2.62. The fraction of sp³-hybridized carbons (Fsp3) is 0.0909. The van der Waals surface area contributed by atoms with Crippen molar-refractivity contribution in [1.29, 1.82) is 10.5 Å². The highest BCUT2D eigenvalue weighted by Crippen LogP contribution is 2.12. The van der Waals surface area contributed by atoms with E-state index in [0.717, 1.165) is 0 Å². The first-order valence-electron chi connectivity index (χ1n) is 4.01. The zero-order chi connectivity index (χ0) is 10.4. The second-order valence-corrected chi connectivity index (χ2v) is 2.61. The van der Waals surface area contributed by atoms with Crippen molar-refractivity contribution in [1.82, 2.24) is 0 Å². The average molecular weight is 186 g/mol. The van der Waals surface area contributed by atoms with Crippen LogP contribution in [0.2, 0.25) is 0 Å². The minimum atomic E-state index is -0.388. The van der Waals surface area contributed by atoms with Crippen LogP contribution in [0.3, 0.4) is 0 Å². The van der Waals surface area contributed by atoms with E-state index in [1.807, 2.05) is 12.1 Å². The third-order valence-corrected chi connectivity index (χ3v) is 1.64. The summed E-state index contributed by atoms with van der Waals surface area (Å²) in [7, 11) is 0. The van der Waals surface area contributed by atoms with Gasteiger partial charge in [-0.15, -0.1) is 0 Å². The molecule has 0 radical (unpaired) electrons. The van der Waals surface area contributed by atoms with Crippen molar-refractivity contribution in [2.75, 3.05) is 0 Å². The number of halogens is 1. The molecule has 1 aromatic rings. The molecule has 1 aromatic carbocycles. The molecule has 14 heavy (non-hydrogen) atoms. The Kier molecular flexibility index (Phi) is 3.41. The van der Waals surface area contributed by atoms with Gasteiger partial charge in [-0.05, 0) is 23.8 Å². The monoisotopic (exact) mass is 186 g/mol. The van der Waals surface area contributed by atoms with Crippen LogP contribution >= 0.6 is 0 Å². The molecule has 0 aliphatic carbocycles. The number of benzene rings is 1. The molecule has 0 unspecified atom stereocenters. The van der Waals surface area contributed by atoms with Gasteiger partial charge in [0.1, 0.15) is 5.82 Å². The summed E-state index contributed by atoms with van der Waals surface area (Å²) in [6.45, 7) is 0. The van der Waals surface area contributed by atoms with E-state index in [4.69, 9.17) is 10.5 Å². The molecule has 0 saturated heterocycles. The molecule has 2 nitrogen and oxygen atoms in total. The second-order valence-electron chi connectivity index (χ2n) is 2.61. The van der Waals surface area contributed by atoms with E-state index in [-0.39, 0.29) is 12.2 Å². The lowest BCUT2D eigenvalue weighted by atomic mass is 10.1. The van der Waals surface area contributed by atoms with Crippen molar-refractivity contribution < 1.29 is 4.39 Å². The second kappa shape index (κ2) is 4.79. The van der Waals surface area contributed by atoms with Gasteiger partial charge in [0.25, 0.3) is 0 Å². The Morgan fingerprint density at radius 3 is 2.79 bits per heavy atom. The van der Waals surface area contributed by atoms with Crippen LogP contribution in [0, 0.1) is 28.5 Å². The molecule has 0 N–H and O–H groups in total. The van der Waals surface area contributed by atoms with Gasteiger partial charge in [0, 0.05) is 0 Å². The normalized spacial score (nSPS) is 9.64. The molecule has 0 saturated carbocycles. The lowest BCUT2D eigenvalue weighted by Crippen LogP contribution is -1.83. The highest BCUT2D eigenvalue weighted by molar-refractivity contribution is 5.58. The summed E-state index contributed by atoms with van der Waals surface area (Å²) in [4.78, 5) is 0. The Balaban J connectivity index is 3.02. The fourth-order valence-electron chi connectivity index (χ4n) is 1.01. The Morgan fingerprint density at radius 1 is 1.36 bits per heavy atom. The highest BCUT2D eigenvalue weighted by Gasteiger charge is 1.99. The van der Waals surface area contributed by atoms with Crippen molar-refractivity contribution in [3.63, 3.8) is 0 Å². The van der Waals surface area contributed by atoms with Gasteiger partial charge in [-0.3, -0.25) is 0 Å². The van der Waals surface area contributed by atoms with E-state index in [2.05, 4.69) is 0 Å². The maximum absolute atomic E-state index is 12.8. The van der Waals surface area contributed by atoms with Crippen molar-refractivity contribution in [2.24, 2.45) is 0 Å². The number of rotatable bonds is 2. The largest absolute Gasteiger partial charge is 0.207 e. The molecular formula is C11H7FN2. The maximum Gasteiger partial charge on any atom is 0.123 e. The summed E-state index contributed by atoms with van der Waals surface area (Å²) >= 11 is 0. The number of allylic oxidation sites excluding steroid dienone is 1. The molecule has 68 valence electrons. The molecule has 0 atom stereocenters. The molecule has 0 bridgehead atoms. The zero-order valence-electron chi connectivity index (χ0n) is 7.37. The summed E-state index contributed by atoms with van der Waals surface area (Å²) in [5.41, 5.74) is 0.906. The van der Waals surface area contributed by atoms with Gasteiger partial charge < -0.3 is 0 Å². The predicted molar refractivity (Wildman–Crippen MR) is 50.4 cm³/mol. The minimum absolute atomic E-state index is 0.251. The first kappa shape index (κ1) is 9.95. The van der Waals surface area contributed by atoms with Crippen molar-refractivity contribution >= 4 is 6.08 Å². The number of nitrogens with zero attached hydrogens (tertiary/aromatic N) is 2. The third-order valence-electron chi connectivity index (χ3n) is 1.64. The molecule has 0 aliphatic heterocycles. The minimum Gasteiger partial charge on any atom is -0.207 e. The molecular weight excluding hydrogens is 179 g/mol. The lowest BCUT2D eigenvalue weighted by molar-refractivity contribution is 0.627. The molecule has 0 aromatic heterocycles. The van der Waals surface area contributed by atoms with Crippen molar-refractivity contribution in [3.8, 4) is 12.1 Å². The van der Waals surface area contributed by atoms with E-state index in [0.29, 0.717) is 11.1 Å². The quantitative estimate of drug-likeness (QED) is 0.712. The van der Waals surface area contributed by atoms with Crippen LogP contribution in [0.4, 0.5) is 4.39 Å². The summed E-state index contributed by atoms with van der Waals surface area (Å²) in [5, 5.41) is 17.0. The lowest BCUT2D eigenvalue weighted by Gasteiger charge is -1.96. The van der Waals surface area contributed by atoms with Gasteiger partial charge in [-0.1, -0.05) is 12.2 Å². The first-order chi connectivity index (χ1) is 6.77. The number of nitriles is 2. The van der Waals surface area contributed by atoms with Gasteiger partial charge in [0.05, 0.1) is 24.1 Å². The van der Waals surface area contributed by atoms with Crippen molar-refractivity contribution in [2.45, 2.75) is 6.42 Å². The molecule has 0 aliphatic rings. The smallest absolute Gasteiger partial charge is 0.123 e. The Labute approximate surface area is 81.5 Å². The standard InChI is InChI=1S/C11H7FN2/c12-11-5-4-10(8-14)9(7-11)3-1-2-6-13/h1,3-5,7H,2H2. The van der Waals surface area contributed by atoms with Gasteiger partial charge in [-0.2, -0.15) is 10.5 Å². The van der Waals surface area contributed by atoms with Gasteiger partial charge >= 0.3 is 0 Å². The summed E-state index contributed by atoms with van der Waals surface area (Å²) in [6, 6.07) is 7.80. The van der Waals surface area contributed by atoms with Gasteiger partial charge in [-0.25, -0.2) is 4.39 Å². The van der Waals surface area contributed by atoms with Crippen LogP contribution in [0.25, 0.3) is 6.08 Å². The van der Waals surface area contributed by atoms with E-state index >= 15 is 0 Å². The molecule has 3 heteroatoms. The maximum atomic E-state index is 12.8. The molecule has 0 spiro atoms. The summed E-state index contributed by atoms with van der Waals surface area (Å²) in [5.74, 6) is -0.388. The average Bonchev–Trinajstić information content (AvgIpc) is 2.19. The molecule has 0 amide bonds. The first-order valence-corrected chi connectivity index (χ1v) is 4.01. The van der Waals surface area contributed by atoms with Crippen LogP contribution in [-0.4, -0.2) is 0 Å². The van der Waals surface area contributed by atoms with E-state index in [9.17, 15) is 4.39 Å². The van der Waals surface area contributed by atoms with Crippen LogP contribution in [0.15, 0.2) is 24.3 Å². The van der Waals surface area contributed by atoms with E-state index < -0.39 is 0 Å². The van der Waals surface area contributed by atoms with Crippen LogP contribution in [-0.2, 0) is 0 Å². The molecule has 0 heterocycles. The highest BCUT2D eigenvalue weighted by atomic mass is 19.1. The Hall–Kier alpha value is -2.13. The Morgan fingerprint density at radius 2 is 2.14 bits per heavy atom. The van der Waals surface area contributed by atoms with Crippen LogP contribution < -0.4 is 0 Å². The van der Waals surface area contributed by atoms with E-state index in [1.165, 1.54) is 18.2 Å². The fourth-order valence-corrected chi connectivity index (χ4v) is 1.01. The third kappa shape index (κ3) is 2.43. The topological polar surface area (TPSA) is 47.6 Å². The summed E-state index contributed by atoms with van der Waals surface area (Å²) in [6.07, 6.45) is 3.42. The van der Waals surface area contributed by atoms with Gasteiger partial charge in [0.15, 0.2) is 0 Å².